The minimum absolute atomic E-state index is 0.0559. The van der Waals surface area contributed by atoms with E-state index in [1.165, 1.54) is 38.4 Å². The van der Waals surface area contributed by atoms with Gasteiger partial charge in [-0.2, -0.15) is 15.3 Å². The fourth-order valence-corrected chi connectivity index (χ4v) is 4.05. The molecule has 0 amide bonds. The van der Waals surface area contributed by atoms with E-state index in [1.54, 1.807) is 20.0 Å². The quantitative estimate of drug-likeness (QED) is 0.411. The molecule has 3 aromatic heterocycles. The van der Waals surface area contributed by atoms with Gasteiger partial charge in [0.1, 0.15) is 23.7 Å². The van der Waals surface area contributed by atoms with Crippen LogP contribution in [0.15, 0.2) is 35.3 Å². The zero-order chi connectivity index (χ0) is 23.4. The van der Waals surface area contributed by atoms with E-state index in [4.69, 9.17) is 16.2 Å². The van der Waals surface area contributed by atoms with E-state index in [2.05, 4.69) is 21.1 Å². The van der Waals surface area contributed by atoms with Crippen LogP contribution in [0.4, 0.5) is 16.2 Å². The van der Waals surface area contributed by atoms with Crippen molar-refractivity contribution in [2.75, 3.05) is 11.5 Å². The summed E-state index contributed by atoms with van der Waals surface area (Å²) in [6, 6.07) is 7.83. The predicted octanol–water partition coefficient (Wildman–Crippen LogP) is 1.51. The van der Waals surface area contributed by atoms with Gasteiger partial charge in [-0.05, 0) is 31.2 Å². The maximum absolute atomic E-state index is 14.2. The van der Waals surface area contributed by atoms with Crippen molar-refractivity contribution in [1.82, 2.24) is 29.1 Å². The molecule has 1 aromatic carbocycles. The highest BCUT2D eigenvalue weighted by molar-refractivity contribution is 5.73. The summed E-state index contributed by atoms with van der Waals surface area (Å²) in [5, 5.41) is 14.2. The Bertz CT molecular complexity index is 1530. The van der Waals surface area contributed by atoms with E-state index in [-0.39, 0.29) is 29.8 Å². The second-order valence-corrected chi connectivity index (χ2v) is 7.60. The summed E-state index contributed by atoms with van der Waals surface area (Å²) in [5.41, 5.74) is 14.0. The van der Waals surface area contributed by atoms with Crippen LogP contribution in [0.2, 0.25) is 0 Å². The van der Waals surface area contributed by atoms with Gasteiger partial charge in [-0.15, -0.1) is 0 Å². The number of hydrogen-bond donors (Lipinski definition) is 2. The minimum atomic E-state index is -0.705. The van der Waals surface area contributed by atoms with Gasteiger partial charge < -0.3 is 16.2 Å². The van der Waals surface area contributed by atoms with Crippen molar-refractivity contribution in [3.63, 3.8) is 0 Å². The molecule has 12 heteroatoms. The topological polar surface area (TPSA) is 156 Å². The summed E-state index contributed by atoms with van der Waals surface area (Å²) in [7, 11) is 1.63. The molecule has 0 spiro atoms. The van der Waals surface area contributed by atoms with Crippen molar-refractivity contribution >= 4 is 11.8 Å². The van der Waals surface area contributed by atoms with Gasteiger partial charge >= 0.3 is 5.69 Å². The van der Waals surface area contributed by atoms with E-state index in [1.807, 2.05) is 0 Å². The predicted molar refractivity (Wildman–Crippen MR) is 116 cm³/mol. The van der Waals surface area contributed by atoms with Crippen molar-refractivity contribution < 1.29 is 9.13 Å². The highest BCUT2D eigenvalue weighted by Crippen LogP contribution is 2.36. The van der Waals surface area contributed by atoms with E-state index in [0.717, 1.165) is 0 Å². The van der Waals surface area contributed by atoms with Crippen LogP contribution in [-0.4, -0.2) is 29.1 Å². The third-order valence-corrected chi connectivity index (χ3v) is 5.54. The monoisotopic (exact) mass is 447 g/mol. The molecule has 5 rings (SSSR count). The van der Waals surface area contributed by atoms with Crippen LogP contribution >= 0.6 is 0 Å². The lowest BCUT2D eigenvalue weighted by molar-refractivity contribution is 0.226. The van der Waals surface area contributed by atoms with E-state index in [9.17, 15) is 14.4 Å². The van der Waals surface area contributed by atoms with E-state index >= 15 is 0 Å². The molecule has 0 fully saturated rings. The van der Waals surface area contributed by atoms with Crippen LogP contribution in [0.25, 0.3) is 16.8 Å². The van der Waals surface area contributed by atoms with Crippen molar-refractivity contribution in [2.24, 2.45) is 7.05 Å². The van der Waals surface area contributed by atoms with Gasteiger partial charge in [0.05, 0.1) is 17.9 Å². The summed E-state index contributed by atoms with van der Waals surface area (Å²) in [6.45, 7) is 1.65. The summed E-state index contributed by atoms with van der Waals surface area (Å²) < 4.78 is 24.4. The number of nitriles is 1. The fraction of sp³-hybridized carbons (Fsp3) is 0.190. The number of hydrogen-bond acceptors (Lipinski definition) is 8. The lowest BCUT2D eigenvalue weighted by atomic mass is 10.0. The van der Waals surface area contributed by atoms with Crippen LogP contribution in [-0.2, 0) is 13.6 Å². The Labute approximate surface area is 186 Å². The average Bonchev–Trinajstić information content (AvgIpc) is 3.23. The zero-order valence-corrected chi connectivity index (χ0v) is 17.7. The number of fused-ring (bicyclic) bond motifs is 7. The maximum Gasteiger partial charge on any atom is 0.366 e. The first-order valence-electron chi connectivity index (χ1n) is 9.92. The van der Waals surface area contributed by atoms with Gasteiger partial charge in [-0.3, -0.25) is 4.68 Å². The Morgan fingerprint density at radius 2 is 2.09 bits per heavy atom. The number of nitrogens with zero attached hydrogens (tertiary/aromatic N) is 7. The average molecular weight is 447 g/mol. The lowest BCUT2D eigenvalue weighted by Crippen LogP contribution is -2.26. The Morgan fingerprint density at radius 3 is 2.85 bits per heavy atom. The Kier molecular flexibility index (Phi) is 4.42. The zero-order valence-electron chi connectivity index (χ0n) is 17.7. The molecule has 1 atom stereocenters. The third kappa shape index (κ3) is 3.09. The van der Waals surface area contributed by atoms with Crippen LogP contribution in [0.5, 0.6) is 5.75 Å². The van der Waals surface area contributed by atoms with Crippen molar-refractivity contribution in [3.8, 4) is 28.6 Å². The van der Waals surface area contributed by atoms with Gasteiger partial charge in [-0.1, -0.05) is 0 Å². The molecule has 0 saturated heterocycles. The second-order valence-electron chi connectivity index (χ2n) is 7.60. The Hall–Kier alpha value is -4.66. The van der Waals surface area contributed by atoms with Crippen LogP contribution in [0.3, 0.4) is 0 Å². The number of pyridine rings is 1. The summed E-state index contributed by atoms with van der Waals surface area (Å²) in [4.78, 5) is 20.9. The highest BCUT2D eigenvalue weighted by Gasteiger charge is 2.26. The molecule has 11 nitrogen and oxygen atoms in total. The first-order valence-corrected chi connectivity index (χ1v) is 9.92. The lowest BCUT2D eigenvalue weighted by Gasteiger charge is -2.22. The smallest absolute Gasteiger partial charge is 0.366 e. The molecular formula is C21H18FN9O2. The molecular weight excluding hydrogens is 429 g/mol. The van der Waals surface area contributed by atoms with Crippen LogP contribution in [0.1, 0.15) is 30.0 Å². The Balaban J connectivity index is 1.89. The molecule has 0 radical (unpaired) electrons. The number of halogens is 1. The number of aromatic nitrogens is 6. The standard InChI is InChI=1S/C21H18FN9O2/c1-10-13-6-12(22)3-4-15(13)31-20(25)27-21(32)30(31)9-14-18(16(7-23)29(2)28-14)11-5-17(33-10)19(24)26-8-11/h3-6,8,10H,9H2,1-2H3,(H2,24,26)(H2,25,27,32). The number of nitrogens with two attached hydrogens (primary N) is 2. The first-order chi connectivity index (χ1) is 15.8. The van der Waals surface area contributed by atoms with Gasteiger partial charge in [-0.25, -0.2) is 23.5 Å². The molecule has 0 aliphatic carbocycles. The van der Waals surface area contributed by atoms with Crippen molar-refractivity contribution in [1.29, 1.82) is 5.26 Å². The van der Waals surface area contributed by atoms with Crippen LogP contribution < -0.4 is 21.9 Å². The SMILES string of the molecule is CC1Oc2cc(cnc2N)-c2c(nn(C)c2C#N)Cn2c(=O)nc(N)n2-c2ccc(F)cc21. The molecule has 1 aliphatic rings. The van der Waals surface area contributed by atoms with E-state index < -0.39 is 17.6 Å². The van der Waals surface area contributed by atoms with Crippen LogP contribution in [0, 0.1) is 17.1 Å². The van der Waals surface area contributed by atoms with Crippen molar-refractivity contribution in [2.45, 2.75) is 19.6 Å². The molecule has 4 aromatic rings. The molecule has 166 valence electrons. The second kappa shape index (κ2) is 7.20. The fourth-order valence-electron chi connectivity index (χ4n) is 4.05. The molecule has 4 heterocycles. The van der Waals surface area contributed by atoms with E-state index in [0.29, 0.717) is 28.1 Å². The largest absolute Gasteiger partial charge is 0.482 e. The van der Waals surface area contributed by atoms with Gasteiger partial charge in [0.15, 0.2) is 11.6 Å². The molecule has 0 saturated carbocycles. The first kappa shape index (κ1) is 20.3. The van der Waals surface area contributed by atoms with Gasteiger partial charge in [0, 0.05) is 29.9 Å². The van der Waals surface area contributed by atoms with Crippen molar-refractivity contribution in [3.05, 3.63) is 63.7 Å². The molecule has 2 bridgehead atoms. The number of aryl methyl sites for hydroxylation is 1. The highest BCUT2D eigenvalue weighted by atomic mass is 19.1. The number of ether oxygens (including phenoxy) is 1. The minimum Gasteiger partial charge on any atom is -0.482 e. The maximum atomic E-state index is 14.2. The summed E-state index contributed by atoms with van der Waals surface area (Å²) in [5.74, 6) is -0.196. The molecule has 1 aliphatic heterocycles. The van der Waals surface area contributed by atoms with Gasteiger partial charge in [0.25, 0.3) is 0 Å². The normalized spacial score (nSPS) is 14.7. The third-order valence-electron chi connectivity index (χ3n) is 5.54. The summed E-state index contributed by atoms with van der Waals surface area (Å²) >= 11 is 0. The number of rotatable bonds is 0. The summed E-state index contributed by atoms with van der Waals surface area (Å²) in [6.07, 6.45) is 0.797. The molecule has 4 N–H and O–H groups in total. The van der Waals surface area contributed by atoms with Gasteiger partial charge in [0.2, 0.25) is 5.95 Å². The number of benzene rings is 1. The molecule has 1 unspecified atom stereocenters. The number of anilines is 2. The number of nitrogen functional groups attached to an aromatic ring is 2. The molecule has 33 heavy (non-hydrogen) atoms. The Morgan fingerprint density at radius 1 is 1.30 bits per heavy atom.